The fourth-order valence-electron chi connectivity index (χ4n) is 1.59. The van der Waals surface area contributed by atoms with Crippen molar-refractivity contribution in [3.8, 4) is 0 Å². The quantitative estimate of drug-likeness (QED) is 0.925. The van der Waals surface area contributed by atoms with E-state index in [0.717, 1.165) is 0 Å². The predicted octanol–water partition coefficient (Wildman–Crippen LogP) is 2.34. The van der Waals surface area contributed by atoms with E-state index in [1.54, 1.807) is 12.1 Å². The van der Waals surface area contributed by atoms with Gasteiger partial charge in [0.05, 0.1) is 6.42 Å². The lowest BCUT2D eigenvalue weighted by atomic mass is 10.1. The molecule has 0 aliphatic heterocycles. The van der Waals surface area contributed by atoms with Crippen LogP contribution in [0.3, 0.4) is 0 Å². The molecule has 96 valence electrons. The Balaban J connectivity index is 2.16. The summed E-state index contributed by atoms with van der Waals surface area (Å²) in [4.78, 5) is 4.14. The van der Waals surface area contributed by atoms with Crippen molar-refractivity contribution >= 4 is 11.6 Å². The zero-order valence-electron chi connectivity index (χ0n) is 9.86. The van der Waals surface area contributed by atoms with Gasteiger partial charge in [-0.2, -0.15) is 4.98 Å². The van der Waals surface area contributed by atoms with Gasteiger partial charge in [0.2, 0.25) is 5.89 Å². The first kappa shape index (κ1) is 13.0. The molecule has 0 amide bonds. The largest absolute Gasteiger partial charge is 0.339 e. The van der Waals surface area contributed by atoms with Crippen LogP contribution in [0.4, 0.5) is 4.39 Å². The van der Waals surface area contributed by atoms with Crippen molar-refractivity contribution in [3.63, 3.8) is 0 Å². The third-order valence-corrected chi connectivity index (χ3v) is 2.76. The van der Waals surface area contributed by atoms with Crippen LogP contribution in [0, 0.1) is 5.82 Å². The minimum atomic E-state index is -0.380. The number of hydrogen-bond acceptors (Lipinski definition) is 4. The van der Waals surface area contributed by atoms with Crippen molar-refractivity contribution in [1.82, 2.24) is 10.1 Å². The Morgan fingerprint density at radius 1 is 1.50 bits per heavy atom. The Kier molecular flexibility index (Phi) is 3.93. The smallest absolute Gasteiger partial charge is 0.231 e. The van der Waals surface area contributed by atoms with E-state index < -0.39 is 0 Å². The molecule has 4 nitrogen and oxygen atoms in total. The molecule has 0 bridgehead atoms. The molecule has 2 rings (SSSR count). The molecule has 1 unspecified atom stereocenters. The van der Waals surface area contributed by atoms with Crippen LogP contribution in [0.25, 0.3) is 0 Å². The van der Waals surface area contributed by atoms with Gasteiger partial charge in [-0.3, -0.25) is 0 Å². The number of nitrogens with two attached hydrogens (primary N) is 1. The van der Waals surface area contributed by atoms with Crippen LogP contribution >= 0.6 is 11.6 Å². The lowest BCUT2D eigenvalue weighted by molar-refractivity contribution is 0.377. The maximum Gasteiger partial charge on any atom is 0.231 e. The standard InChI is InChI=1S/C12H13ClFN3O/c1-7(15)5-11-16-12(18-17-11)6-8-9(13)3-2-4-10(8)14/h2-4,7H,5-6,15H2,1H3. The number of nitrogens with zero attached hydrogens (tertiary/aromatic N) is 2. The summed E-state index contributed by atoms with van der Waals surface area (Å²) in [5.41, 5.74) is 5.99. The molecule has 0 saturated heterocycles. The van der Waals surface area contributed by atoms with Crippen molar-refractivity contribution in [1.29, 1.82) is 0 Å². The molecule has 2 aromatic rings. The molecule has 1 heterocycles. The van der Waals surface area contributed by atoms with Crippen LogP contribution in [0.5, 0.6) is 0 Å². The summed E-state index contributed by atoms with van der Waals surface area (Å²) in [5.74, 6) is 0.472. The number of halogens is 2. The highest BCUT2D eigenvalue weighted by atomic mass is 35.5. The molecule has 1 atom stereocenters. The molecule has 1 aromatic carbocycles. The molecule has 2 N–H and O–H groups in total. The summed E-state index contributed by atoms with van der Waals surface area (Å²) in [6.07, 6.45) is 0.700. The van der Waals surface area contributed by atoms with Crippen LogP contribution in [0.15, 0.2) is 22.7 Å². The van der Waals surface area contributed by atoms with E-state index in [9.17, 15) is 4.39 Å². The number of rotatable bonds is 4. The van der Waals surface area contributed by atoms with E-state index >= 15 is 0 Å². The van der Waals surface area contributed by atoms with E-state index in [-0.39, 0.29) is 18.3 Å². The van der Waals surface area contributed by atoms with Gasteiger partial charge in [0.1, 0.15) is 5.82 Å². The monoisotopic (exact) mass is 269 g/mol. The summed E-state index contributed by atoms with van der Waals surface area (Å²) in [7, 11) is 0. The molecule has 0 spiro atoms. The SMILES string of the molecule is CC(N)Cc1noc(Cc2c(F)cccc2Cl)n1. The van der Waals surface area contributed by atoms with Crippen LogP contribution in [-0.2, 0) is 12.8 Å². The normalized spacial score (nSPS) is 12.7. The Morgan fingerprint density at radius 2 is 2.28 bits per heavy atom. The third kappa shape index (κ3) is 3.05. The molecule has 6 heteroatoms. The maximum absolute atomic E-state index is 13.6. The van der Waals surface area contributed by atoms with Crippen molar-refractivity contribution in [2.24, 2.45) is 5.73 Å². The van der Waals surface area contributed by atoms with Gasteiger partial charge in [-0.05, 0) is 19.1 Å². The molecular weight excluding hydrogens is 257 g/mol. The second-order valence-corrected chi connectivity index (χ2v) is 4.57. The van der Waals surface area contributed by atoms with Gasteiger partial charge in [0, 0.05) is 23.0 Å². The predicted molar refractivity (Wildman–Crippen MR) is 65.9 cm³/mol. The van der Waals surface area contributed by atoms with Crippen LogP contribution in [-0.4, -0.2) is 16.2 Å². The van der Waals surface area contributed by atoms with Gasteiger partial charge >= 0.3 is 0 Å². The Bertz CT molecular complexity index is 522. The summed E-state index contributed by atoms with van der Waals surface area (Å²) in [6.45, 7) is 1.85. The topological polar surface area (TPSA) is 64.9 Å². The average molecular weight is 270 g/mol. The van der Waals surface area contributed by atoms with Crippen molar-refractivity contribution < 1.29 is 8.91 Å². The summed E-state index contributed by atoms with van der Waals surface area (Å²) in [6, 6.07) is 4.48. The number of benzene rings is 1. The second kappa shape index (κ2) is 5.46. The maximum atomic E-state index is 13.6. The van der Waals surface area contributed by atoms with Gasteiger partial charge in [-0.25, -0.2) is 4.39 Å². The number of hydrogen-bond donors (Lipinski definition) is 1. The van der Waals surface area contributed by atoms with E-state index in [4.69, 9.17) is 21.9 Å². The van der Waals surface area contributed by atoms with Crippen LogP contribution in [0.1, 0.15) is 24.2 Å². The van der Waals surface area contributed by atoms with Gasteiger partial charge in [0.15, 0.2) is 5.82 Å². The van der Waals surface area contributed by atoms with E-state index in [0.29, 0.717) is 28.7 Å². The van der Waals surface area contributed by atoms with E-state index in [1.807, 2.05) is 6.92 Å². The molecular formula is C12H13ClFN3O. The molecule has 0 aliphatic rings. The van der Waals surface area contributed by atoms with E-state index in [2.05, 4.69) is 10.1 Å². The summed E-state index contributed by atoms with van der Waals surface area (Å²) >= 11 is 5.92. The molecule has 0 aliphatic carbocycles. The first-order chi connectivity index (χ1) is 8.56. The van der Waals surface area contributed by atoms with Crippen molar-refractivity contribution in [3.05, 3.63) is 46.3 Å². The number of aromatic nitrogens is 2. The minimum Gasteiger partial charge on any atom is -0.339 e. The first-order valence-electron chi connectivity index (χ1n) is 5.56. The Morgan fingerprint density at radius 3 is 2.94 bits per heavy atom. The molecule has 0 fully saturated rings. The highest BCUT2D eigenvalue weighted by molar-refractivity contribution is 6.31. The third-order valence-electron chi connectivity index (χ3n) is 2.40. The summed E-state index contributed by atoms with van der Waals surface area (Å²) < 4.78 is 18.6. The first-order valence-corrected chi connectivity index (χ1v) is 5.94. The highest BCUT2D eigenvalue weighted by Gasteiger charge is 2.13. The average Bonchev–Trinajstić information content (AvgIpc) is 2.70. The minimum absolute atomic E-state index is 0.0486. The van der Waals surface area contributed by atoms with Crippen LogP contribution < -0.4 is 5.73 Å². The fourth-order valence-corrected chi connectivity index (χ4v) is 1.82. The summed E-state index contributed by atoms with van der Waals surface area (Å²) in [5, 5.41) is 4.13. The molecule has 1 aromatic heterocycles. The van der Waals surface area contributed by atoms with Gasteiger partial charge in [0.25, 0.3) is 0 Å². The fraction of sp³-hybridized carbons (Fsp3) is 0.333. The lowest BCUT2D eigenvalue weighted by Gasteiger charge is -2.01. The molecule has 0 radical (unpaired) electrons. The molecule has 18 heavy (non-hydrogen) atoms. The van der Waals surface area contributed by atoms with Gasteiger partial charge < -0.3 is 10.3 Å². The Hall–Kier alpha value is -1.46. The zero-order valence-corrected chi connectivity index (χ0v) is 10.6. The van der Waals surface area contributed by atoms with Crippen LogP contribution in [0.2, 0.25) is 5.02 Å². The van der Waals surface area contributed by atoms with Gasteiger partial charge in [-0.15, -0.1) is 0 Å². The van der Waals surface area contributed by atoms with E-state index in [1.165, 1.54) is 6.07 Å². The van der Waals surface area contributed by atoms with Gasteiger partial charge in [-0.1, -0.05) is 22.8 Å². The second-order valence-electron chi connectivity index (χ2n) is 4.16. The zero-order chi connectivity index (χ0) is 13.1. The lowest BCUT2D eigenvalue weighted by Crippen LogP contribution is -2.18. The van der Waals surface area contributed by atoms with Crippen molar-refractivity contribution in [2.45, 2.75) is 25.8 Å². The molecule has 0 saturated carbocycles. The van der Waals surface area contributed by atoms with Crippen molar-refractivity contribution in [2.75, 3.05) is 0 Å². The Labute approximate surface area is 109 Å². The highest BCUT2D eigenvalue weighted by Crippen LogP contribution is 2.21.